The lowest BCUT2D eigenvalue weighted by molar-refractivity contribution is -0.119. The van der Waals surface area contributed by atoms with Crippen molar-refractivity contribution < 1.29 is 9.53 Å². The molecule has 4 rings (SSSR count). The average Bonchev–Trinajstić information content (AvgIpc) is 3.26. The van der Waals surface area contributed by atoms with Crippen LogP contribution in [0.4, 0.5) is 11.6 Å². The van der Waals surface area contributed by atoms with Gasteiger partial charge in [-0.3, -0.25) is 4.79 Å². The molecule has 7 nitrogen and oxygen atoms in total. The molecule has 0 spiro atoms. The number of rotatable bonds is 3. The molecule has 0 unspecified atom stereocenters. The number of nitrogens with one attached hydrogen (secondary N) is 1. The Bertz CT molecular complexity index is 702. The van der Waals surface area contributed by atoms with Gasteiger partial charge in [0.25, 0.3) is 0 Å². The standard InChI is InChI=1S/C16H21N5O2/c22-16(12-3-1-2-4-12)19-13-11-15(20-7-9-23-10-8-20)21-14(18-13)5-6-17-21/h5-6,11-12H,1-4,7-10H2,(H,18,19,22). The van der Waals surface area contributed by atoms with Gasteiger partial charge in [-0.2, -0.15) is 9.61 Å². The van der Waals surface area contributed by atoms with E-state index < -0.39 is 0 Å². The van der Waals surface area contributed by atoms with E-state index in [0.717, 1.165) is 50.2 Å². The minimum atomic E-state index is 0.0896. The summed E-state index contributed by atoms with van der Waals surface area (Å²) in [4.78, 5) is 19.1. The number of aromatic nitrogens is 3. The van der Waals surface area contributed by atoms with E-state index in [0.29, 0.717) is 19.0 Å². The van der Waals surface area contributed by atoms with Crippen LogP contribution in [-0.4, -0.2) is 46.8 Å². The largest absolute Gasteiger partial charge is 0.378 e. The van der Waals surface area contributed by atoms with Crippen molar-refractivity contribution in [1.82, 2.24) is 14.6 Å². The molecule has 2 aliphatic rings. The summed E-state index contributed by atoms with van der Waals surface area (Å²) in [5, 5.41) is 7.35. The first-order chi connectivity index (χ1) is 11.3. The number of ether oxygens (including phenoxy) is 1. The van der Waals surface area contributed by atoms with Gasteiger partial charge in [0.05, 0.1) is 19.4 Å². The molecule has 1 saturated heterocycles. The Morgan fingerprint density at radius 3 is 2.83 bits per heavy atom. The predicted molar refractivity (Wildman–Crippen MR) is 86.6 cm³/mol. The summed E-state index contributed by atoms with van der Waals surface area (Å²) < 4.78 is 7.24. The van der Waals surface area contributed by atoms with Gasteiger partial charge in [0.1, 0.15) is 11.6 Å². The number of hydrogen-bond donors (Lipinski definition) is 1. The Morgan fingerprint density at radius 1 is 1.26 bits per heavy atom. The van der Waals surface area contributed by atoms with Crippen LogP contribution < -0.4 is 10.2 Å². The normalized spacial score (nSPS) is 19.4. The van der Waals surface area contributed by atoms with Crippen LogP contribution >= 0.6 is 0 Å². The number of carbonyl (C=O) groups is 1. The summed E-state index contributed by atoms with van der Waals surface area (Å²) in [7, 11) is 0. The van der Waals surface area contributed by atoms with Gasteiger partial charge in [0.15, 0.2) is 5.65 Å². The zero-order chi connectivity index (χ0) is 15.6. The maximum Gasteiger partial charge on any atom is 0.228 e. The zero-order valence-electron chi connectivity index (χ0n) is 13.1. The van der Waals surface area contributed by atoms with E-state index in [1.165, 1.54) is 0 Å². The fourth-order valence-electron chi connectivity index (χ4n) is 3.39. The molecule has 2 aromatic rings. The monoisotopic (exact) mass is 315 g/mol. The number of carbonyl (C=O) groups excluding carboxylic acids is 1. The van der Waals surface area contributed by atoms with Gasteiger partial charge in [-0.25, -0.2) is 4.98 Å². The van der Waals surface area contributed by atoms with Crippen LogP contribution in [0.3, 0.4) is 0 Å². The predicted octanol–water partition coefficient (Wildman–Crippen LogP) is 1.69. The molecular formula is C16H21N5O2. The average molecular weight is 315 g/mol. The van der Waals surface area contributed by atoms with Gasteiger partial charge in [-0.1, -0.05) is 12.8 Å². The van der Waals surface area contributed by atoms with Gasteiger partial charge in [0.2, 0.25) is 5.91 Å². The third-order valence-electron chi connectivity index (χ3n) is 4.65. The van der Waals surface area contributed by atoms with Gasteiger partial charge >= 0.3 is 0 Å². The van der Waals surface area contributed by atoms with Crippen molar-refractivity contribution in [2.45, 2.75) is 25.7 Å². The highest BCUT2D eigenvalue weighted by atomic mass is 16.5. The summed E-state index contributed by atoms with van der Waals surface area (Å²) in [6.07, 6.45) is 5.99. The molecule has 1 aliphatic carbocycles. The van der Waals surface area contributed by atoms with Gasteiger partial charge in [0, 0.05) is 31.1 Å². The van der Waals surface area contributed by atoms with Crippen LogP contribution in [0.15, 0.2) is 18.3 Å². The van der Waals surface area contributed by atoms with Gasteiger partial charge in [-0.05, 0) is 12.8 Å². The van der Waals surface area contributed by atoms with Crippen molar-refractivity contribution in [3.8, 4) is 0 Å². The van der Waals surface area contributed by atoms with Crippen LogP contribution in [0.2, 0.25) is 0 Å². The minimum Gasteiger partial charge on any atom is -0.378 e. The topological polar surface area (TPSA) is 71.8 Å². The summed E-state index contributed by atoms with van der Waals surface area (Å²) >= 11 is 0. The number of fused-ring (bicyclic) bond motifs is 1. The van der Waals surface area contributed by atoms with Crippen molar-refractivity contribution in [1.29, 1.82) is 0 Å². The van der Waals surface area contributed by atoms with Crippen molar-refractivity contribution in [3.05, 3.63) is 18.3 Å². The molecule has 3 heterocycles. The molecular weight excluding hydrogens is 294 g/mol. The summed E-state index contributed by atoms with van der Waals surface area (Å²) in [5.41, 5.74) is 0.746. The van der Waals surface area contributed by atoms with Crippen LogP contribution in [0.25, 0.3) is 5.65 Å². The van der Waals surface area contributed by atoms with Crippen LogP contribution in [0.1, 0.15) is 25.7 Å². The molecule has 2 aromatic heterocycles. The maximum atomic E-state index is 12.4. The van der Waals surface area contributed by atoms with E-state index in [1.807, 2.05) is 16.6 Å². The maximum absolute atomic E-state index is 12.4. The minimum absolute atomic E-state index is 0.0896. The van der Waals surface area contributed by atoms with Crippen molar-refractivity contribution in [2.75, 3.05) is 36.5 Å². The number of hydrogen-bond acceptors (Lipinski definition) is 5. The second-order valence-corrected chi connectivity index (χ2v) is 6.17. The Labute approximate surface area is 134 Å². The first kappa shape index (κ1) is 14.4. The smallest absolute Gasteiger partial charge is 0.228 e. The highest BCUT2D eigenvalue weighted by molar-refractivity contribution is 5.92. The highest BCUT2D eigenvalue weighted by Gasteiger charge is 2.24. The lowest BCUT2D eigenvalue weighted by atomic mass is 10.1. The van der Waals surface area contributed by atoms with Gasteiger partial charge < -0.3 is 15.0 Å². The van der Waals surface area contributed by atoms with E-state index >= 15 is 0 Å². The molecule has 1 amide bonds. The first-order valence-electron chi connectivity index (χ1n) is 8.29. The zero-order valence-corrected chi connectivity index (χ0v) is 13.1. The molecule has 1 saturated carbocycles. The lowest BCUT2D eigenvalue weighted by Crippen LogP contribution is -2.37. The van der Waals surface area contributed by atoms with E-state index in [2.05, 4.69) is 20.3 Å². The molecule has 0 bridgehead atoms. The third kappa shape index (κ3) is 2.88. The fraction of sp³-hybridized carbons (Fsp3) is 0.562. The molecule has 1 aliphatic heterocycles. The second-order valence-electron chi connectivity index (χ2n) is 6.17. The number of morpholine rings is 1. The number of anilines is 2. The molecule has 0 atom stereocenters. The fourth-order valence-corrected chi connectivity index (χ4v) is 3.39. The van der Waals surface area contributed by atoms with E-state index in [1.54, 1.807) is 6.20 Å². The molecule has 0 aromatic carbocycles. The van der Waals surface area contributed by atoms with E-state index in [-0.39, 0.29) is 11.8 Å². The summed E-state index contributed by atoms with van der Waals surface area (Å²) in [5.74, 6) is 1.78. The Balaban J connectivity index is 1.63. The summed E-state index contributed by atoms with van der Waals surface area (Å²) in [6, 6.07) is 3.77. The molecule has 0 radical (unpaired) electrons. The molecule has 1 N–H and O–H groups in total. The molecule has 7 heteroatoms. The Morgan fingerprint density at radius 2 is 2.04 bits per heavy atom. The first-order valence-corrected chi connectivity index (χ1v) is 8.29. The van der Waals surface area contributed by atoms with Crippen LogP contribution in [0, 0.1) is 5.92 Å². The number of amides is 1. The quantitative estimate of drug-likeness (QED) is 0.933. The van der Waals surface area contributed by atoms with Crippen LogP contribution in [0.5, 0.6) is 0 Å². The lowest BCUT2D eigenvalue weighted by Gasteiger charge is -2.29. The van der Waals surface area contributed by atoms with Crippen molar-refractivity contribution in [3.63, 3.8) is 0 Å². The highest BCUT2D eigenvalue weighted by Crippen LogP contribution is 2.27. The summed E-state index contributed by atoms with van der Waals surface area (Å²) in [6.45, 7) is 3.04. The van der Waals surface area contributed by atoms with E-state index in [9.17, 15) is 4.79 Å². The molecule has 2 fully saturated rings. The Kier molecular flexibility index (Phi) is 3.87. The SMILES string of the molecule is O=C(Nc1cc(N2CCOCC2)n2nccc2n1)C1CCCC1. The third-order valence-corrected chi connectivity index (χ3v) is 4.65. The number of nitrogens with zero attached hydrogens (tertiary/aromatic N) is 4. The molecule has 23 heavy (non-hydrogen) atoms. The second kappa shape index (κ2) is 6.16. The van der Waals surface area contributed by atoms with E-state index in [4.69, 9.17) is 4.74 Å². The Hall–Kier alpha value is -2.15. The molecule has 122 valence electrons. The van der Waals surface area contributed by atoms with Gasteiger partial charge in [-0.15, -0.1) is 0 Å². The van der Waals surface area contributed by atoms with Crippen molar-refractivity contribution >= 4 is 23.2 Å². The van der Waals surface area contributed by atoms with Crippen LogP contribution in [-0.2, 0) is 9.53 Å². The van der Waals surface area contributed by atoms with Crippen molar-refractivity contribution in [2.24, 2.45) is 5.92 Å².